The predicted molar refractivity (Wildman–Crippen MR) is 85.5 cm³/mol. The minimum atomic E-state index is -0.0814. The molecule has 1 rings (SSSR count). The SMILES string of the molecule is C=CCNC(=NC)NCCN1C(=O)CCCC1=O.I. The molecule has 1 aliphatic heterocycles. The summed E-state index contributed by atoms with van der Waals surface area (Å²) in [6.45, 7) is 5.09. The Morgan fingerprint density at radius 1 is 1.37 bits per heavy atom. The van der Waals surface area contributed by atoms with Crippen LogP contribution in [0.1, 0.15) is 19.3 Å². The number of imide groups is 1. The molecular weight excluding hydrogens is 359 g/mol. The Labute approximate surface area is 130 Å². The van der Waals surface area contributed by atoms with Gasteiger partial charge < -0.3 is 10.6 Å². The Morgan fingerprint density at radius 3 is 2.53 bits per heavy atom. The second-order valence-electron chi connectivity index (χ2n) is 3.96. The van der Waals surface area contributed by atoms with Crippen LogP contribution in [-0.2, 0) is 9.59 Å². The van der Waals surface area contributed by atoms with Gasteiger partial charge in [-0.05, 0) is 6.42 Å². The molecule has 1 aliphatic rings. The van der Waals surface area contributed by atoms with Gasteiger partial charge in [-0.25, -0.2) is 0 Å². The van der Waals surface area contributed by atoms with Gasteiger partial charge in [0.25, 0.3) is 0 Å². The smallest absolute Gasteiger partial charge is 0.229 e. The number of nitrogens with one attached hydrogen (secondary N) is 2. The fourth-order valence-electron chi connectivity index (χ4n) is 1.72. The summed E-state index contributed by atoms with van der Waals surface area (Å²) in [5, 5.41) is 6.05. The molecule has 0 atom stereocenters. The highest BCUT2D eigenvalue weighted by atomic mass is 127. The zero-order valence-corrected chi connectivity index (χ0v) is 13.5. The van der Waals surface area contributed by atoms with Gasteiger partial charge in [-0.3, -0.25) is 19.5 Å². The Balaban J connectivity index is 0.00000324. The van der Waals surface area contributed by atoms with Gasteiger partial charge in [0.2, 0.25) is 11.8 Å². The van der Waals surface area contributed by atoms with Crippen LogP contribution in [0, 0.1) is 0 Å². The van der Waals surface area contributed by atoms with Crippen LogP contribution in [0.4, 0.5) is 0 Å². The van der Waals surface area contributed by atoms with Crippen molar-refractivity contribution in [1.29, 1.82) is 0 Å². The van der Waals surface area contributed by atoms with Gasteiger partial charge >= 0.3 is 0 Å². The lowest BCUT2D eigenvalue weighted by molar-refractivity contribution is -0.147. The lowest BCUT2D eigenvalue weighted by Crippen LogP contribution is -2.46. The standard InChI is InChI=1S/C12H20N4O2.HI/c1-3-7-14-12(13-2)15-8-9-16-10(17)5-4-6-11(16)18;/h3H,1,4-9H2,2H3,(H2,13,14,15);1H. The third-order valence-electron chi connectivity index (χ3n) is 2.65. The van der Waals surface area contributed by atoms with Crippen molar-refractivity contribution in [2.75, 3.05) is 26.7 Å². The van der Waals surface area contributed by atoms with Gasteiger partial charge in [0.1, 0.15) is 0 Å². The molecule has 0 aromatic rings. The third kappa shape index (κ3) is 6.04. The molecule has 0 spiro atoms. The van der Waals surface area contributed by atoms with Crippen LogP contribution in [0.25, 0.3) is 0 Å². The van der Waals surface area contributed by atoms with E-state index in [-0.39, 0.29) is 35.8 Å². The summed E-state index contributed by atoms with van der Waals surface area (Å²) < 4.78 is 0. The number of carbonyl (C=O) groups is 2. The molecule has 1 saturated heterocycles. The monoisotopic (exact) mass is 380 g/mol. The highest BCUT2D eigenvalue weighted by molar-refractivity contribution is 14.0. The molecule has 7 heteroatoms. The average molecular weight is 380 g/mol. The van der Waals surface area contributed by atoms with Crippen LogP contribution in [0.3, 0.4) is 0 Å². The number of piperidine rings is 1. The number of hydrogen-bond acceptors (Lipinski definition) is 3. The molecular formula is C12H21IN4O2. The summed E-state index contributed by atoms with van der Waals surface area (Å²) in [5.41, 5.74) is 0. The van der Waals surface area contributed by atoms with Crippen molar-refractivity contribution in [3.05, 3.63) is 12.7 Å². The quantitative estimate of drug-likeness (QED) is 0.240. The normalized spacial score (nSPS) is 15.8. The van der Waals surface area contributed by atoms with Gasteiger partial charge in [0.05, 0.1) is 0 Å². The summed E-state index contributed by atoms with van der Waals surface area (Å²) in [5.74, 6) is 0.469. The van der Waals surface area contributed by atoms with Crippen LogP contribution in [0.5, 0.6) is 0 Å². The Morgan fingerprint density at radius 2 is 2.00 bits per heavy atom. The van der Waals surface area contributed by atoms with E-state index >= 15 is 0 Å². The van der Waals surface area contributed by atoms with E-state index in [1.54, 1.807) is 13.1 Å². The van der Waals surface area contributed by atoms with Gasteiger partial charge in [-0.2, -0.15) is 0 Å². The van der Waals surface area contributed by atoms with Crippen molar-refractivity contribution < 1.29 is 9.59 Å². The third-order valence-corrected chi connectivity index (χ3v) is 2.65. The summed E-state index contributed by atoms with van der Waals surface area (Å²) >= 11 is 0. The van der Waals surface area contributed by atoms with E-state index < -0.39 is 0 Å². The van der Waals surface area contributed by atoms with Crippen LogP contribution in [0.15, 0.2) is 17.6 Å². The molecule has 6 nitrogen and oxygen atoms in total. The Hall–Kier alpha value is -1.12. The van der Waals surface area contributed by atoms with E-state index in [1.807, 2.05) is 0 Å². The van der Waals surface area contributed by atoms with Gasteiger partial charge in [0.15, 0.2) is 5.96 Å². The Bertz CT molecular complexity index is 342. The van der Waals surface area contributed by atoms with Crippen molar-refractivity contribution in [3.8, 4) is 0 Å². The first-order valence-corrected chi connectivity index (χ1v) is 6.07. The maximum atomic E-state index is 11.5. The van der Waals surface area contributed by atoms with Crippen LogP contribution in [0.2, 0.25) is 0 Å². The molecule has 0 saturated carbocycles. The Kier molecular flexibility index (Phi) is 9.19. The summed E-state index contributed by atoms with van der Waals surface area (Å²) in [6.07, 6.45) is 3.33. The number of hydrogen-bond donors (Lipinski definition) is 2. The fraction of sp³-hybridized carbons (Fsp3) is 0.583. The molecule has 0 aromatic heterocycles. The first-order valence-electron chi connectivity index (χ1n) is 6.07. The topological polar surface area (TPSA) is 73.8 Å². The van der Waals surface area contributed by atoms with Gasteiger partial charge in [-0.1, -0.05) is 6.08 Å². The number of nitrogens with zero attached hydrogens (tertiary/aromatic N) is 2. The lowest BCUT2D eigenvalue weighted by atomic mass is 10.1. The van der Waals surface area contributed by atoms with Crippen molar-refractivity contribution in [3.63, 3.8) is 0 Å². The lowest BCUT2D eigenvalue weighted by Gasteiger charge is -2.25. The summed E-state index contributed by atoms with van der Waals surface area (Å²) in [4.78, 5) is 28.4. The number of aliphatic imine (C=N–C) groups is 1. The number of rotatable bonds is 5. The molecule has 0 aliphatic carbocycles. The zero-order chi connectivity index (χ0) is 13.4. The highest BCUT2D eigenvalue weighted by Gasteiger charge is 2.24. The van der Waals surface area contributed by atoms with E-state index in [0.29, 0.717) is 44.9 Å². The average Bonchev–Trinajstić information content (AvgIpc) is 2.36. The molecule has 0 unspecified atom stereocenters. The molecule has 2 N–H and O–H groups in total. The van der Waals surface area contributed by atoms with Crippen molar-refractivity contribution in [2.24, 2.45) is 4.99 Å². The second kappa shape index (κ2) is 9.76. The van der Waals surface area contributed by atoms with E-state index in [0.717, 1.165) is 0 Å². The molecule has 2 amide bonds. The minimum absolute atomic E-state index is 0. The second-order valence-corrected chi connectivity index (χ2v) is 3.96. The maximum Gasteiger partial charge on any atom is 0.229 e. The van der Waals surface area contributed by atoms with Crippen LogP contribution < -0.4 is 10.6 Å². The molecule has 19 heavy (non-hydrogen) atoms. The summed E-state index contributed by atoms with van der Waals surface area (Å²) in [7, 11) is 1.66. The van der Waals surface area contributed by atoms with Crippen molar-refractivity contribution in [1.82, 2.24) is 15.5 Å². The first-order chi connectivity index (χ1) is 8.69. The molecule has 0 bridgehead atoms. The van der Waals surface area contributed by atoms with Crippen LogP contribution >= 0.6 is 24.0 Å². The van der Waals surface area contributed by atoms with Gasteiger partial charge in [0, 0.05) is 39.5 Å². The molecule has 0 radical (unpaired) electrons. The highest BCUT2D eigenvalue weighted by Crippen LogP contribution is 2.11. The van der Waals surface area contributed by atoms with Crippen molar-refractivity contribution in [2.45, 2.75) is 19.3 Å². The molecule has 1 fully saturated rings. The van der Waals surface area contributed by atoms with E-state index in [1.165, 1.54) is 4.90 Å². The number of guanidine groups is 1. The molecule has 1 heterocycles. The number of amides is 2. The van der Waals surface area contributed by atoms with E-state index in [9.17, 15) is 9.59 Å². The largest absolute Gasteiger partial charge is 0.355 e. The van der Waals surface area contributed by atoms with Crippen LogP contribution in [-0.4, -0.2) is 49.4 Å². The zero-order valence-electron chi connectivity index (χ0n) is 11.1. The summed E-state index contributed by atoms with van der Waals surface area (Å²) in [6, 6.07) is 0. The van der Waals surface area contributed by atoms with Gasteiger partial charge in [-0.15, -0.1) is 30.6 Å². The minimum Gasteiger partial charge on any atom is -0.355 e. The van der Waals surface area contributed by atoms with Crippen molar-refractivity contribution >= 4 is 41.8 Å². The molecule has 108 valence electrons. The first kappa shape index (κ1) is 17.9. The number of likely N-dealkylation sites (tertiary alicyclic amines) is 1. The van der Waals surface area contributed by atoms with E-state index in [2.05, 4.69) is 22.2 Å². The maximum absolute atomic E-state index is 11.5. The fourth-order valence-corrected chi connectivity index (χ4v) is 1.72. The van der Waals surface area contributed by atoms with E-state index in [4.69, 9.17) is 0 Å². The number of halogens is 1. The number of carbonyl (C=O) groups excluding carboxylic acids is 2. The predicted octanol–water partition coefficient (Wildman–Crippen LogP) is 0.494. The molecule has 0 aromatic carbocycles.